The minimum Gasteiger partial charge on any atom is -0.491 e. The third-order valence-corrected chi connectivity index (χ3v) is 3.45. The number of carboxylic acids is 1. The van der Waals surface area contributed by atoms with Gasteiger partial charge in [0.2, 0.25) is 0 Å². The van der Waals surface area contributed by atoms with Crippen LogP contribution in [-0.4, -0.2) is 42.5 Å². The predicted molar refractivity (Wildman–Crippen MR) is 70.5 cm³/mol. The molecule has 5 heteroatoms. The van der Waals surface area contributed by atoms with Gasteiger partial charge in [-0.25, -0.2) is 4.79 Å². The first-order valence-electron chi connectivity index (χ1n) is 6.44. The van der Waals surface area contributed by atoms with Crippen molar-refractivity contribution in [1.82, 2.24) is 5.32 Å². The SMILES string of the molecule is O=C(O)c1ccccc1OCCNCC1(CO)CC1. The molecule has 0 atom stereocenters. The maximum absolute atomic E-state index is 11.0. The second-order valence-electron chi connectivity index (χ2n) is 4.98. The van der Waals surface area contributed by atoms with Crippen molar-refractivity contribution in [2.24, 2.45) is 5.41 Å². The molecule has 1 fully saturated rings. The van der Waals surface area contributed by atoms with Crippen LogP contribution in [0, 0.1) is 5.41 Å². The largest absolute Gasteiger partial charge is 0.491 e. The van der Waals surface area contributed by atoms with E-state index < -0.39 is 5.97 Å². The van der Waals surface area contributed by atoms with Crippen LogP contribution in [0.5, 0.6) is 5.75 Å². The van der Waals surface area contributed by atoms with Crippen LogP contribution in [0.4, 0.5) is 0 Å². The Morgan fingerprint density at radius 1 is 1.37 bits per heavy atom. The van der Waals surface area contributed by atoms with Crippen LogP contribution >= 0.6 is 0 Å². The summed E-state index contributed by atoms with van der Waals surface area (Å²) in [6.45, 7) is 2.05. The molecule has 0 unspecified atom stereocenters. The average molecular weight is 265 g/mol. The van der Waals surface area contributed by atoms with Gasteiger partial charge < -0.3 is 20.3 Å². The topological polar surface area (TPSA) is 78.8 Å². The van der Waals surface area contributed by atoms with Gasteiger partial charge in [0.25, 0.3) is 0 Å². The summed E-state index contributed by atoms with van der Waals surface area (Å²) in [5, 5.41) is 21.4. The van der Waals surface area contributed by atoms with Gasteiger partial charge in [-0.05, 0) is 25.0 Å². The van der Waals surface area contributed by atoms with Crippen LogP contribution in [-0.2, 0) is 0 Å². The van der Waals surface area contributed by atoms with Gasteiger partial charge in [-0.2, -0.15) is 0 Å². The van der Waals surface area contributed by atoms with Crippen LogP contribution in [0.15, 0.2) is 24.3 Å². The molecular weight excluding hydrogens is 246 g/mol. The summed E-state index contributed by atoms with van der Waals surface area (Å²) in [5.74, 6) is -0.596. The lowest BCUT2D eigenvalue weighted by atomic mass is 10.1. The van der Waals surface area contributed by atoms with E-state index in [0.29, 0.717) is 18.9 Å². The number of hydrogen-bond acceptors (Lipinski definition) is 4. The van der Waals surface area contributed by atoms with Gasteiger partial charge in [0, 0.05) is 25.1 Å². The molecule has 19 heavy (non-hydrogen) atoms. The van der Waals surface area contributed by atoms with Crippen LogP contribution < -0.4 is 10.1 Å². The quantitative estimate of drug-likeness (QED) is 0.614. The number of aliphatic hydroxyl groups excluding tert-OH is 1. The lowest BCUT2D eigenvalue weighted by Crippen LogP contribution is -2.30. The van der Waals surface area contributed by atoms with Gasteiger partial charge in [-0.15, -0.1) is 0 Å². The molecule has 1 aliphatic carbocycles. The van der Waals surface area contributed by atoms with E-state index >= 15 is 0 Å². The lowest BCUT2D eigenvalue weighted by molar-refractivity contribution is 0.0692. The fourth-order valence-corrected chi connectivity index (χ4v) is 1.92. The Balaban J connectivity index is 1.72. The number of nitrogens with one attached hydrogen (secondary N) is 1. The van der Waals surface area contributed by atoms with Crippen LogP contribution in [0.3, 0.4) is 0 Å². The minimum absolute atomic E-state index is 0.0823. The molecular formula is C14H19NO4. The molecule has 0 aromatic heterocycles. The number of para-hydroxylation sites is 1. The Morgan fingerprint density at radius 2 is 2.11 bits per heavy atom. The van der Waals surface area contributed by atoms with E-state index in [1.165, 1.54) is 6.07 Å². The molecule has 1 saturated carbocycles. The van der Waals surface area contributed by atoms with Crippen molar-refractivity contribution >= 4 is 5.97 Å². The first-order chi connectivity index (χ1) is 9.17. The predicted octanol–water partition coefficient (Wildman–Crippen LogP) is 1.13. The summed E-state index contributed by atoms with van der Waals surface area (Å²) < 4.78 is 5.46. The highest BCUT2D eigenvalue weighted by Gasteiger charge is 2.41. The molecule has 104 valence electrons. The van der Waals surface area contributed by atoms with E-state index in [0.717, 1.165) is 19.4 Å². The van der Waals surface area contributed by atoms with Crippen LogP contribution in [0.1, 0.15) is 23.2 Å². The van der Waals surface area contributed by atoms with Crippen molar-refractivity contribution in [3.63, 3.8) is 0 Å². The Kier molecular flexibility index (Phi) is 4.39. The molecule has 0 aliphatic heterocycles. The number of aromatic carboxylic acids is 1. The zero-order valence-corrected chi connectivity index (χ0v) is 10.8. The highest BCUT2D eigenvalue weighted by atomic mass is 16.5. The number of ether oxygens (including phenoxy) is 1. The lowest BCUT2D eigenvalue weighted by Gasteiger charge is -2.13. The average Bonchev–Trinajstić information content (AvgIpc) is 3.19. The first kappa shape index (κ1) is 13.8. The highest BCUT2D eigenvalue weighted by molar-refractivity contribution is 5.90. The Bertz CT molecular complexity index is 443. The van der Waals surface area contributed by atoms with Gasteiger partial charge >= 0.3 is 5.97 Å². The number of benzene rings is 1. The van der Waals surface area contributed by atoms with Crippen molar-refractivity contribution in [2.75, 3.05) is 26.3 Å². The molecule has 5 nitrogen and oxygen atoms in total. The van der Waals surface area contributed by atoms with E-state index in [1.54, 1.807) is 18.2 Å². The van der Waals surface area contributed by atoms with Crippen molar-refractivity contribution in [3.8, 4) is 5.75 Å². The molecule has 1 aromatic carbocycles. The van der Waals surface area contributed by atoms with Crippen molar-refractivity contribution < 1.29 is 19.7 Å². The standard InChI is InChI=1S/C14H19NO4/c16-10-14(5-6-14)9-15-7-8-19-12-4-2-1-3-11(12)13(17)18/h1-4,15-16H,5-10H2,(H,17,18). The second-order valence-corrected chi connectivity index (χ2v) is 4.98. The molecule has 0 bridgehead atoms. The third kappa shape index (κ3) is 3.68. The van der Waals surface area contributed by atoms with Crippen molar-refractivity contribution in [3.05, 3.63) is 29.8 Å². The number of carboxylic acid groups (broad SMARTS) is 1. The molecule has 1 aromatic rings. The normalized spacial score (nSPS) is 16.1. The molecule has 0 amide bonds. The zero-order valence-electron chi connectivity index (χ0n) is 10.8. The molecule has 1 aliphatic rings. The van der Waals surface area contributed by atoms with E-state index in [-0.39, 0.29) is 17.6 Å². The summed E-state index contributed by atoms with van der Waals surface area (Å²) in [4.78, 5) is 11.0. The summed E-state index contributed by atoms with van der Waals surface area (Å²) in [6, 6.07) is 6.60. The molecule has 0 heterocycles. The molecule has 3 N–H and O–H groups in total. The van der Waals surface area contributed by atoms with E-state index in [1.807, 2.05) is 0 Å². The van der Waals surface area contributed by atoms with Gasteiger partial charge in [-0.1, -0.05) is 12.1 Å². The van der Waals surface area contributed by atoms with Gasteiger partial charge in [-0.3, -0.25) is 0 Å². The van der Waals surface area contributed by atoms with Crippen molar-refractivity contribution in [1.29, 1.82) is 0 Å². The van der Waals surface area contributed by atoms with Crippen LogP contribution in [0.2, 0.25) is 0 Å². The van der Waals surface area contributed by atoms with Crippen molar-refractivity contribution in [2.45, 2.75) is 12.8 Å². The maximum Gasteiger partial charge on any atom is 0.339 e. The number of aliphatic hydroxyl groups is 1. The fourth-order valence-electron chi connectivity index (χ4n) is 1.92. The number of rotatable bonds is 8. The maximum atomic E-state index is 11.0. The van der Waals surface area contributed by atoms with Crippen LogP contribution in [0.25, 0.3) is 0 Å². The Labute approximate surface area is 112 Å². The summed E-state index contributed by atoms with van der Waals surface area (Å²) in [5.41, 5.74) is 0.260. The van der Waals surface area contributed by atoms with Gasteiger partial charge in [0.1, 0.15) is 17.9 Å². The second kappa shape index (κ2) is 6.04. The molecule has 2 rings (SSSR count). The van der Waals surface area contributed by atoms with E-state index in [2.05, 4.69) is 5.32 Å². The van der Waals surface area contributed by atoms with Gasteiger partial charge in [0.15, 0.2) is 0 Å². The molecule has 0 saturated heterocycles. The monoisotopic (exact) mass is 265 g/mol. The summed E-state index contributed by atoms with van der Waals surface area (Å²) in [7, 11) is 0. The summed E-state index contributed by atoms with van der Waals surface area (Å²) >= 11 is 0. The fraction of sp³-hybridized carbons (Fsp3) is 0.500. The highest BCUT2D eigenvalue weighted by Crippen LogP contribution is 2.44. The van der Waals surface area contributed by atoms with Gasteiger partial charge in [0.05, 0.1) is 0 Å². The zero-order chi connectivity index (χ0) is 13.7. The van der Waals surface area contributed by atoms with E-state index in [9.17, 15) is 4.79 Å². The Hall–Kier alpha value is -1.59. The first-order valence-corrected chi connectivity index (χ1v) is 6.44. The third-order valence-electron chi connectivity index (χ3n) is 3.45. The molecule has 0 spiro atoms. The smallest absolute Gasteiger partial charge is 0.339 e. The summed E-state index contributed by atoms with van der Waals surface area (Å²) in [6.07, 6.45) is 2.14. The number of hydrogen-bond donors (Lipinski definition) is 3. The Morgan fingerprint density at radius 3 is 2.74 bits per heavy atom. The minimum atomic E-state index is -0.985. The van der Waals surface area contributed by atoms with E-state index in [4.69, 9.17) is 14.9 Å². The molecule has 0 radical (unpaired) electrons. The number of carbonyl (C=O) groups is 1.